The van der Waals surface area contributed by atoms with Crippen LogP contribution in [0.3, 0.4) is 0 Å². The number of amides is 1. The second kappa shape index (κ2) is 9.08. The summed E-state index contributed by atoms with van der Waals surface area (Å²) in [6.45, 7) is 3.52. The molecule has 2 atom stereocenters. The van der Waals surface area contributed by atoms with Crippen LogP contribution < -0.4 is 10.6 Å². The van der Waals surface area contributed by atoms with Crippen molar-refractivity contribution in [2.24, 2.45) is 5.92 Å². The molecule has 0 aliphatic carbocycles. The van der Waals surface area contributed by atoms with E-state index in [1.165, 1.54) is 0 Å². The number of aliphatic hydroxyl groups is 1. The summed E-state index contributed by atoms with van der Waals surface area (Å²) in [7, 11) is 0. The molecule has 0 saturated carbocycles. The molecule has 1 amide bonds. The number of nitrogens with one attached hydrogen (secondary N) is 2. The van der Waals surface area contributed by atoms with Crippen molar-refractivity contribution in [3.05, 3.63) is 29.9 Å². The molecule has 1 aliphatic rings. The normalized spacial score (nSPS) is 19.4. The predicted molar refractivity (Wildman–Crippen MR) is 92.5 cm³/mol. The van der Waals surface area contributed by atoms with E-state index in [-0.39, 0.29) is 43.1 Å². The average Bonchev–Trinajstić information content (AvgIpc) is 3.19. The van der Waals surface area contributed by atoms with E-state index < -0.39 is 6.10 Å². The van der Waals surface area contributed by atoms with Crippen LogP contribution in [0.2, 0.25) is 0 Å². The number of hydrogen-bond acceptors (Lipinski definition) is 6. The number of carbonyl (C=O) groups is 1. The van der Waals surface area contributed by atoms with Crippen molar-refractivity contribution < 1.29 is 18.7 Å². The van der Waals surface area contributed by atoms with E-state index >= 15 is 0 Å². The molecule has 2 unspecified atom stereocenters. The smallest absolute Gasteiger partial charge is 0.263 e. The van der Waals surface area contributed by atoms with Crippen LogP contribution in [0.25, 0.3) is 11.7 Å². The summed E-state index contributed by atoms with van der Waals surface area (Å²) in [6.07, 6.45) is 1.29. The van der Waals surface area contributed by atoms with E-state index in [1.807, 2.05) is 0 Å². The number of aryl methyl sites for hydroxylation is 1. The maximum Gasteiger partial charge on any atom is 0.263 e. The van der Waals surface area contributed by atoms with Gasteiger partial charge in [0, 0.05) is 25.6 Å². The Bertz CT molecular complexity index is 645. The molecule has 134 valence electrons. The first-order valence-electron chi connectivity index (χ1n) is 7.29. The maximum atomic E-state index is 12.0. The molecule has 3 N–H and O–H groups in total. The van der Waals surface area contributed by atoms with Crippen LogP contribution in [0.5, 0.6) is 0 Å². The van der Waals surface area contributed by atoms with Gasteiger partial charge in [0.2, 0.25) is 5.91 Å². The van der Waals surface area contributed by atoms with Gasteiger partial charge >= 0.3 is 0 Å². The Balaban J connectivity index is 0.00000144. The number of aliphatic hydroxyl groups excluding tert-OH is 1. The summed E-state index contributed by atoms with van der Waals surface area (Å²) in [6, 6.07) is 3.51. The molecule has 1 fully saturated rings. The number of nitrogens with zero attached hydrogens (tertiary/aromatic N) is 1. The Labute approximate surface area is 152 Å². The topological polar surface area (TPSA) is 101 Å². The third kappa shape index (κ3) is 4.73. The van der Waals surface area contributed by atoms with Gasteiger partial charge in [0.1, 0.15) is 5.76 Å². The van der Waals surface area contributed by atoms with Crippen molar-refractivity contribution in [2.45, 2.75) is 19.4 Å². The zero-order chi connectivity index (χ0) is 15.5. The first kappa shape index (κ1) is 20.5. The minimum atomic E-state index is -0.403. The van der Waals surface area contributed by atoms with Gasteiger partial charge in [-0.05, 0) is 19.1 Å². The number of rotatable bonds is 5. The number of hydrogen-bond donors (Lipinski definition) is 3. The molecule has 2 aromatic heterocycles. The fourth-order valence-electron chi connectivity index (χ4n) is 2.48. The fourth-order valence-corrected chi connectivity index (χ4v) is 2.48. The highest BCUT2D eigenvalue weighted by molar-refractivity contribution is 5.85. The monoisotopic (exact) mass is 377 g/mol. The van der Waals surface area contributed by atoms with Crippen LogP contribution in [-0.2, 0) is 11.2 Å². The third-order valence-corrected chi connectivity index (χ3v) is 3.82. The van der Waals surface area contributed by atoms with E-state index in [0.717, 1.165) is 0 Å². The number of furan rings is 1. The lowest BCUT2D eigenvalue weighted by molar-refractivity contribution is -0.120. The second-order valence-corrected chi connectivity index (χ2v) is 5.47. The van der Waals surface area contributed by atoms with Gasteiger partial charge in [0.05, 0.1) is 24.5 Å². The molecule has 1 aliphatic heterocycles. The molecule has 0 aromatic carbocycles. The quantitative estimate of drug-likeness (QED) is 0.726. The second-order valence-electron chi connectivity index (χ2n) is 5.47. The van der Waals surface area contributed by atoms with Gasteiger partial charge in [0.25, 0.3) is 5.89 Å². The molecular weight excluding hydrogens is 357 g/mol. The Hall–Kier alpha value is -1.54. The van der Waals surface area contributed by atoms with Gasteiger partial charge in [-0.25, -0.2) is 4.98 Å². The number of oxazole rings is 1. The van der Waals surface area contributed by atoms with Gasteiger partial charge in [-0.2, -0.15) is 0 Å². The van der Waals surface area contributed by atoms with Crippen LogP contribution in [-0.4, -0.2) is 41.7 Å². The van der Waals surface area contributed by atoms with Crippen molar-refractivity contribution in [2.75, 3.05) is 19.6 Å². The fraction of sp³-hybridized carbons (Fsp3) is 0.467. The first-order valence-corrected chi connectivity index (χ1v) is 7.29. The maximum absolute atomic E-state index is 12.0. The first-order chi connectivity index (χ1) is 10.6. The highest BCUT2D eigenvalue weighted by Crippen LogP contribution is 2.22. The van der Waals surface area contributed by atoms with Gasteiger partial charge in [-0.15, -0.1) is 24.8 Å². The minimum Gasteiger partial charge on any atom is -0.459 e. The highest BCUT2D eigenvalue weighted by atomic mass is 35.5. The van der Waals surface area contributed by atoms with Crippen molar-refractivity contribution in [1.29, 1.82) is 0 Å². The van der Waals surface area contributed by atoms with Crippen LogP contribution in [0, 0.1) is 12.8 Å². The lowest BCUT2D eigenvalue weighted by atomic mass is 10.1. The Morgan fingerprint density at radius 2 is 2.25 bits per heavy atom. The average molecular weight is 378 g/mol. The van der Waals surface area contributed by atoms with Crippen molar-refractivity contribution in [3.8, 4) is 11.7 Å². The number of aromatic nitrogens is 1. The molecule has 1 saturated heterocycles. The summed E-state index contributed by atoms with van der Waals surface area (Å²) in [5.74, 6) is 1.43. The number of β-amino-alcohol motifs (C(OH)–C–C–N with tert-alkyl or cyclic N) is 1. The Morgan fingerprint density at radius 1 is 1.46 bits per heavy atom. The minimum absolute atomic E-state index is 0. The van der Waals surface area contributed by atoms with E-state index in [9.17, 15) is 9.90 Å². The summed E-state index contributed by atoms with van der Waals surface area (Å²) in [4.78, 5) is 16.3. The van der Waals surface area contributed by atoms with Gasteiger partial charge in [-0.3, -0.25) is 4.79 Å². The third-order valence-electron chi connectivity index (χ3n) is 3.82. The lowest BCUT2D eigenvalue weighted by Gasteiger charge is -2.13. The molecule has 9 heteroatoms. The molecule has 24 heavy (non-hydrogen) atoms. The molecule has 0 spiro atoms. The Morgan fingerprint density at radius 3 is 2.88 bits per heavy atom. The van der Waals surface area contributed by atoms with Gasteiger partial charge < -0.3 is 24.6 Å². The van der Waals surface area contributed by atoms with Gasteiger partial charge in [-0.1, -0.05) is 0 Å². The number of halogens is 2. The van der Waals surface area contributed by atoms with E-state index in [0.29, 0.717) is 42.7 Å². The van der Waals surface area contributed by atoms with Crippen molar-refractivity contribution in [3.63, 3.8) is 0 Å². The van der Waals surface area contributed by atoms with Crippen LogP contribution in [0.4, 0.5) is 0 Å². The largest absolute Gasteiger partial charge is 0.459 e. The van der Waals surface area contributed by atoms with E-state index in [1.54, 1.807) is 25.3 Å². The van der Waals surface area contributed by atoms with E-state index in [2.05, 4.69) is 15.6 Å². The molecule has 0 radical (unpaired) electrons. The molecule has 3 heterocycles. The summed E-state index contributed by atoms with van der Waals surface area (Å²) in [5, 5.41) is 15.6. The van der Waals surface area contributed by atoms with Crippen LogP contribution >= 0.6 is 24.8 Å². The zero-order valence-electron chi connectivity index (χ0n) is 13.2. The summed E-state index contributed by atoms with van der Waals surface area (Å²) >= 11 is 0. The Kier molecular flexibility index (Phi) is 7.75. The molecule has 0 bridgehead atoms. The number of carbonyl (C=O) groups excluding carboxylic acids is 1. The van der Waals surface area contributed by atoms with Crippen LogP contribution in [0.1, 0.15) is 11.5 Å². The van der Waals surface area contributed by atoms with Crippen molar-refractivity contribution in [1.82, 2.24) is 15.6 Å². The lowest BCUT2D eigenvalue weighted by Crippen LogP contribution is -2.35. The molecular formula is C15H21Cl2N3O4. The highest BCUT2D eigenvalue weighted by Gasteiger charge is 2.25. The molecule has 7 nitrogen and oxygen atoms in total. The van der Waals surface area contributed by atoms with E-state index in [4.69, 9.17) is 8.83 Å². The molecule has 2 aromatic rings. The standard InChI is InChI=1S/C15H19N3O4.2ClH/c1-9-11(18-15(22-9)13-3-2-4-21-13)5-14(20)17-7-10-6-16-8-12(10)19;;/h2-4,10,12,16,19H,5-8H2,1H3,(H,17,20);2*1H. The van der Waals surface area contributed by atoms with Gasteiger partial charge in [0.15, 0.2) is 5.76 Å². The van der Waals surface area contributed by atoms with Crippen LogP contribution in [0.15, 0.2) is 27.2 Å². The van der Waals surface area contributed by atoms with Crippen molar-refractivity contribution >= 4 is 30.7 Å². The molecule has 3 rings (SSSR count). The predicted octanol–water partition coefficient (Wildman–Crippen LogP) is 1.33. The zero-order valence-corrected chi connectivity index (χ0v) is 14.8. The summed E-state index contributed by atoms with van der Waals surface area (Å²) < 4.78 is 10.7. The SMILES string of the molecule is Cc1oc(-c2ccco2)nc1CC(=O)NCC1CNCC1O.Cl.Cl. The summed E-state index contributed by atoms with van der Waals surface area (Å²) in [5.41, 5.74) is 0.592.